The molecular weight excluding hydrogens is 384 g/mol. The molecule has 6 N–H and O–H groups in total. The van der Waals surface area contributed by atoms with Crippen LogP contribution < -0.4 is 0 Å². The number of carbonyl (C=O) groups is 2. The molecule has 0 amide bonds. The summed E-state index contributed by atoms with van der Waals surface area (Å²) in [4.78, 5) is 23.3. The fourth-order valence-electron chi connectivity index (χ4n) is 2.65. The van der Waals surface area contributed by atoms with E-state index in [2.05, 4.69) is 0 Å². The quantitative estimate of drug-likeness (QED) is 0.226. The highest BCUT2D eigenvalue weighted by molar-refractivity contribution is 5.89. The maximum Gasteiger partial charge on any atom is 0.378 e. The monoisotopic (exact) mass is 408 g/mol. The lowest BCUT2D eigenvalue weighted by molar-refractivity contribution is -0.291. The van der Waals surface area contributed by atoms with Crippen molar-refractivity contribution in [3.05, 3.63) is 11.5 Å². The molecule has 0 spiro atoms. The summed E-state index contributed by atoms with van der Waals surface area (Å²) in [5.41, 5.74) is 0. The topological polar surface area (TPSA) is 192 Å². The highest BCUT2D eigenvalue weighted by Gasteiger charge is 2.48. The smallest absolute Gasteiger partial charge is 0.378 e. The molecule has 7 atom stereocenters. The van der Waals surface area contributed by atoms with E-state index in [4.69, 9.17) is 24.1 Å². The molecule has 2 aliphatic heterocycles. The molecule has 0 saturated carbocycles. The highest BCUT2D eigenvalue weighted by atomic mass is 16.7. The number of carbonyl (C=O) groups excluding carboxylic acids is 2. The maximum absolute atomic E-state index is 11.9. The van der Waals surface area contributed by atoms with Gasteiger partial charge >= 0.3 is 11.9 Å². The number of aliphatic hydroxyl groups excluding tert-OH is 6. The zero-order valence-corrected chi connectivity index (χ0v) is 15.0. The lowest BCUT2D eigenvalue weighted by atomic mass is 9.99. The van der Waals surface area contributed by atoms with E-state index in [1.165, 1.54) is 0 Å². The number of hydrogen-bond donors (Lipinski definition) is 6. The number of hydrogen-bond acceptors (Lipinski definition) is 12. The van der Waals surface area contributed by atoms with Crippen LogP contribution in [0.25, 0.3) is 0 Å². The van der Waals surface area contributed by atoms with Gasteiger partial charge in [0.15, 0.2) is 11.9 Å². The third kappa shape index (κ3) is 4.71. The van der Waals surface area contributed by atoms with Gasteiger partial charge in [0.05, 0.1) is 6.61 Å². The summed E-state index contributed by atoms with van der Waals surface area (Å²) >= 11 is 0. The third-order valence-corrected chi connectivity index (χ3v) is 4.22. The number of rotatable bonds is 8. The Morgan fingerprint density at radius 3 is 2.50 bits per heavy atom. The van der Waals surface area contributed by atoms with E-state index in [-0.39, 0.29) is 6.42 Å². The Balaban J connectivity index is 2.05. The van der Waals surface area contributed by atoms with Crippen molar-refractivity contribution in [2.24, 2.45) is 0 Å². The molecule has 2 aliphatic rings. The van der Waals surface area contributed by atoms with E-state index in [9.17, 15) is 35.1 Å². The van der Waals surface area contributed by atoms with Crippen molar-refractivity contribution in [3.8, 4) is 0 Å². The zero-order chi connectivity index (χ0) is 21.0. The second-order valence-electron chi connectivity index (χ2n) is 6.36. The minimum absolute atomic E-state index is 0.129. The van der Waals surface area contributed by atoms with Gasteiger partial charge in [-0.25, -0.2) is 4.79 Å². The second-order valence-corrected chi connectivity index (χ2v) is 6.36. The molecule has 28 heavy (non-hydrogen) atoms. The third-order valence-electron chi connectivity index (χ3n) is 4.22. The molecule has 12 nitrogen and oxygen atoms in total. The average Bonchev–Trinajstić information content (AvgIpc) is 2.94. The SMILES string of the molecule is CCCC(=O)OC[C@H](O)[C@H]1OC(=O)C(O[C@H]2O[C@H](CO)[C@@H](O)[C@H](O)[C@H]2O)=C1O. The first-order valence-electron chi connectivity index (χ1n) is 8.66. The fraction of sp³-hybridized carbons (Fsp3) is 0.750. The molecule has 12 heteroatoms. The first-order valence-corrected chi connectivity index (χ1v) is 8.66. The lowest BCUT2D eigenvalue weighted by Gasteiger charge is -2.39. The van der Waals surface area contributed by atoms with Gasteiger partial charge in [0.1, 0.15) is 37.1 Å². The van der Waals surface area contributed by atoms with Crippen LogP contribution >= 0.6 is 0 Å². The molecule has 0 aromatic carbocycles. The molecule has 0 aliphatic carbocycles. The van der Waals surface area contributed by atoms with Crippen molar-refractivity contribution >= 4 is 11.9 Å². The van der Waals surface area contributed by atoms with Gasteiger partial charge in [0, 0.05) is 6.42 Å². The summed E-state index contributed by atoms with van der Waals surface area (Å²) in [5, 5.41) is 58.6. The van der Waals surface area contributed by atoms with Gasteiger partial charge in [-0.1, -0.05) is 6.92 Å². The van der Waals surface area contributed by atoms with Gasteiger partial charge in [-0.2, -0.15) is 0 Å². The molecular formula is C16H24O12. The number of aliphatic hydroxyl groups is 6. The van der Waals surface area contributed by atoms with E-state index >= 15 is 0 Å². The van der Waals surface area contributed by atoms with Crippen LogP contribution in [-0.4, -0.2) is 98.7 Å². The lowest BCUT2D eigenvalue weighted by Crippen LogP contribution is -2.59. The van der Waals surface area contributed by atoms with Crippen LogP contribution in [-0.2, 0) is 28.5 Å². The average molecular weight is 408 g/mol. The van der Waals surface area contributed by atoms with E-state index in [1.54, 1.807) is 6.92 Å². The molecule has 1 saturated heterocycles. The van der Waals surface area contributed by atoms with Crippen molar-refractivity contribution in [2.75, 3.05) is 13.2 Å². The highest BCUT2D eigenvalue weighted by Crippen LogP contribution is 2.29. The second kappa shape index (κ2) is 9.49. The van der Waals surface area contributed by atoms with Gasteiger partial charge in [0.2, 0.25) is 12.0 Å². The van der Waals surface area contributed by atoms with Crippen LogP contribution in [0.3, 0.4) is 0 Å². The summed E-state index contributed by atoms with van der Waals surface area (Å²) in [6.45, 7) is 0.493. The Hall–Kier alpha value is -1.96. The minimum Gasteiger partial charge on any atom is -0.505 e. The Kier molecular flexibility index (Phi) is 7.57. The van der Waals surface area contributed by atoms with Crippen LogP contribution in [0.1, 0.15) is 19.8 Å². The van der Waals surface area contributed by atoms with Crippen molar-refractivity contribution in [1.29, 1.82) is 0 Å². The standard InChI is InChI=1S/C16H24O12/c1-2-3-8(19)25-5-6(18)13-12(23)14(15(24)27-13)28-16-11(22)10(21)9(20)7(4-17)26-16/h6-7,9-11,13,16-18,20-23H,2-5H2,1H3/t6-,7+,9+,10-,11+,13+,16+/m0/s1. The van der Waals surface area contributed by atoms with Crippen molar-refractivity contribution in [2.45, 2.75) is 62.7 Å². The summed E-state index contributed by atoms with van der Waals surface area (Å²) < 4.78 is 19.7. The normalized spacial score (nSPS) is 34.1. The van der Waals surface area contributed by atoms with Crippen molar-refractivity contribution in [1.82, 2.24) is 0 Å². The molecule has 1 fully saturated rings. The van der Waals surface area contributed by atoms with Gasteiger partial charge in [-0.05, 0) is 6.42 Å². The molecule has 160 valence electrons. The summed E-state index contributed by atoms with van der Waals surface area (Å²) in [6.07, 6.45) is -10.7. The maximum atomic E-state index is 11.9. The van der Waals surface area contributed by atoms with E-state index < -0.39 is 79.6 Å². The van der Waals surface area contributed by atoms with Crippen LogP contribution in [0.5, 0.6) is 0 Å². The van der Waals surface area contributed by atoms with Crippen LogP contribution in [0.4, 0.5) is 0 Å². The molecule has 2 rings (SSSR count). The Labute approximate surface area is 159 Å². The molecule has 0 aromatic rings. The Bertz CT molecular complexity index is 602. The van der Waals surface area contributed by atoms with E-state index in [0.717, 1.165) is 0 Å². The van der Waals surface area contributed by atoms with Gasteiger partial charge in [-0.15, -0.1) is 0 Å². The van der Waals surface area contributed by atoms with Gasteiger partial charge < -0.3 is 49.6 Å². The van der Waals surface area contributed by atoms with Crippen molar-refractivity contribution in [3.63, 3.8) is 0 Å². The molecule has 0 bridgehead atoms. The number of ether oxygens (including phenoxy) is 4. The van der Waals surface area contributed by atoms with Gasteiger partial charge in [-0.3, -0.25) is 4.79 Å². The van der Waals surface area contributed by atoms with E-state index in [1.807, 2.05) is 0 Å². The fourth-order valence-corrected chi connectivity index (χ4v) is 2.65. The molecule has 2 heterocycles. The first-order chi connectivity index (χ1) is 13.2. The van der Waals surface area contributed by atoms with E-state index in [0.29, 0.717) is 6.42 Å². The molecule has 0 unspecified atom stereocenters. The molecule has 0 aromatic heterocycles. The zero-order valence-electron chi connectivity index (χ0n) is 15.0. The first kappa shape index (κ1) is 22.3. The van der Waals surface area contributed by atoms with Crippen molar-refractivity contribution < 1.29 is 59.2 Å². The predicted molar refractivity (Wildman–Crippen MR) is 86.3 cm³/mol. The van der Waals surface area contributed by atoms with Crippen LogP contribution in [0, 0.1) is 0 Å². The summed E-state index contributed by atoms with van der Waals surface area (Å²) in [7, 11) is 0. The summed E-state index contributed by atoms with van der Waals surface area (Å²) in [6, 6.07) is 0. The number of esters is 2. The van der Waals surface area contributed by atoms with Crippen LogP contribution in [0.2, 0.25) is 0 Å². The molecule has 0 radical (unpaired) electrons. The Morgan fingerprint density at radius 1 is 1.21 bits per heavy atom. The van der Waals surface area contributed by atoms with Gasteiger partial charge in [0.25, 0.3) is 0 Å². The predicted octanol–water partition coefficient (Wildman–Crippen LogP) is -2.80. The minimum atomic E-state index is -1.81. The number of cyclic esters (lactones) is 1. The summed E-state index contributed by atoms with van der Waals surface area (Å²) in [5.74, 6) is -3.40. The van der Waals surface area contributed by atoms with Crippen LogP contribution in [0.15, 0.2) is 11.5 Å². The Morgan fingerprint density at radius 2 is 1.89 bits per heavy atom. The largest absolute Gasteiger partial charge is 0.505 e.